The van der Waals surface area contributed by atoms with Gasteiger partial charge < -0.3 is 0 Å². The lowest BCUT2D eigenvalue weighted by Crippen LogP contribution is -1.90. The third kappa shape index (κ3) is 2.67. The first-order valence-electron chi connectivity index (χ1n) is 5.57. The van der Waals surface area contributed by atoms with E-state index in [2.05, 4.69) is 48.3 Å². The third-order valence-electron chi connectivity index (χ3n) is 2.76. The van der Waals surface area contributed by atoms with Gasteiger partial charge in [-0.3, -0.25) is 5.10 Å². The number of hydrogen-bond acceptors (Lipinski definition) is 2. The van der Waals surface area contributed by atoms with Crippen LogP contribution in [0.5, 0.6) is 0 Å². The van der Waals surface area contributed by atoms with Crippen LogP contribution in [0, 0.1) is 0 Å². The van der Waals surface area contributed by atoms with Gasteiger partial charge in [0.15, 0.2) is 0 Å². The van der Waals surface area contributed by atoms with Crippen LogP contribution in [-0.4, -0.2) is 10.2 Å². The molecular weight excluding hydrogens is 216 g/mol. The van der Waals surface area contributed by atoms with E-state index in [4.69, 9.17) is 0 Å². The fourth-order valence-electron chi connectivity index (χ4n) is 1.52. The Morgan fingerprint density at radius 3 is 2.56 bits per heavy atom. The lowest BCUT2D eigenvalue weighted by atomic mass is 9.99. The second-order valence-electron chi connectivity index (χ2n) is 3.89. The van der Waals surface area contributed by atoms with Gasteiger partial charge >= 0.3 is 0 Å². The molecule has 84 valence electrons. The molecule has 16 heavy (non-hydrogen) atoms. The van der Waals surface area contributed by atoms with Crippen molar-refractivity contribution in [3.05, 3.63) is 42.1 Å². The van der Waals surface area contributed by atoms with Gasteiger partial charge in [0.25, 0.3) is 0 Å². The van der Waals surface area contributed by atoms with Gasteiger partial charge in [-0.15, -0.1) is 0 Å². The van der Waals surface area contributed by atoms with E-state index in [1.54, 1.807) is 11.8 Å². The van der Waals surface area contributed by atoms with Crippen LogP contribution in [0.2, 0.25) is 0 Å². The SMILES string of the molecule is CCC(C)c1ccc(Sc2cc[nH]n2)cc1. The number of hydrogen-bond donors (Lipinski definition) is 1. The molecule has 1 N–H and O–H groups in total. The number of nitrogens with one attached hydrogen (secondary N) is 1. The summed E-state index contributed by atoms with van der Waals surface area (Å²) in [6, 6.07) is 10.7. The monoisotopic (exact) mass is 232 g/mol. The van der Waals surface area contributed by atoms with E-state index in [1.807, 2.05) is 12.3 Å². The summed E-state index contributed by atoms with van der Waals surface area (Å²) in [6.45, 7) is 4.48. The van der Waals surface area contributed by atoms with E-state index >= 15 is 0 Å². The van der Waals surface area contributed by atoms with Crippen molar-refractivity contribution in [3.63, 3.8) is 0 Å². The predicted molar refractivity (Wildman–Crippen MR) is 67.9 cm³/mol. The summed E-state index contributed by atoms with van der Waals surface area (Å²) in [6.07, 6.45) is 3.03. The lowest BCUT2D eigenvalue weighted by molar-refractivity contribution is 0.733. The molecule has 1 atom stereocenters. The summed E-state index contributed by atoms with van der Waals surface area (Å²) in [4.78, 5) is 1.24. The highest BCUT2D eigenvalue weighted by Gasteiger charge is 2.03. The van der Waals surface area contributed by atoms with Crippen molar-refractivity contribution in [2.45, 2.75) is 36.1 Å². The van der Waals surface area contributed by atoms with Crippen LogP contribution >= 0.6 is 11.8 Å². The largest absolute Gasteiger partial charge is 0.285 e. The Balaban J connectivity index is 2.07. The van der Waals surface area contributed by atoms with E-state index < -0.39 is 0 Å². The van der Waals surface area contributed by atoms with Crippen molar-refractivity contribution < 1.29 is 0 Å². The molecule has 0 aliphatic rings. The first-order chi connectivity index (χ1) is 7.79. The zero-order chi connectivity index (χ0) is 11.4. The molecule has 0 amide bonds. The van der Waals surface area contributed by atoms with E-state index in [-0.39, 0.29) is 0 Å². The molecule has 1 heterocycles. The molecule has 1 unspecified atom stereocenters. The van der Waals surface area contributed by atoms with E-state index in [9.17, 15) is 0 Å². The van der Waals surface area contributed by atoms with E-state index in [1.165, 1.54) is 16.9 Å². The summed E-state index contributed by atoms with van der Waals surface area (Å²) >= 11 is 1.68. The van der Waals surface area contributed by atoms with Crippen molar-refractivity contribution in [3.8, 4) is 0 Å². The molecule has 0 saturated heterocycles. The quantitative estimate of drug-likeness (QED) is 0.860. The molecule has 0 spiro atoms. The van der Waals surface area contributed by atoms with Gasteiger partial charge in [-0.2, -0.15) is 5.10 Å². The van der Waals surface area contributed by atoms with Crippen LogP contribution in [0.15, 0.2) is 46.5 Å². The normalized spacial score (nSPS) is 12.6. The number of benzene rings is 1. The Labute approximate surface area is 100 Å². The fourth-order valence-corrected chi connectivity index (χ4v) is 2.27. The summed E-state index contributed by atoms with van der Waals surface area (Å²) < 4.78 is 0. The van der Waals surface area contributed by atoms with Gasteiger partial charge in [-0.1, -0.05) is 37.7 Å². The lowest BCUT2D eigenvalue weighted by Gasteiger charge is -2.08. The van der Waals surface area contributed by atoms with Gasteiger partial charge in [0, 0.05) is 11.1 Å². The number of rotatable bonds is 4. The molecule has 2 nitrogen and oxygen atoms in total. The van der Waals surface area contributed by atoms with Gasteiger partial charge in [-0.05, 0) is 36.1 Å². The van der Waals surface area contributed by atoms with Crippen LogP contribution in [-0.2, 0) is 0 Å². The Kier molecular flexibility index (Phi) is 3.67. The van der Waals surface area contributed by atoms with Gasteiger partial charge in [0.05, 0.1) is 0 Å². The van der Waals surface area contributed by atoms with Crippen molar-refractivity contribution >= 4 is 11.8 Å². The Morgan fingerprint density at radius 1 is 1.25 bits per heavy atom. The highest BCUT2D eigenvalue weighted by atomic mass is 32.2. The molecule has 3 heteroatoms. The van der Waals surface area contributed by atoms with Gasteiger partial charge in [0.2, 0.25) is 0 Å². The third-order valence-corrected chi connectivity index (χ3v) is 3.70. The minimum absolute atomic E-state index is 0.643. The van der Waals surface area contributed by atoms with Crippen LogP contribution in [0.3, 0.4) is 0 Å². The minimum Gasteiger partial charge on any atom is -0.285 e. The summed E-state index contributed by atoms with van der Waals surface area (Å²) in [7, 11) is 0. The van der Waals surface area contributed by atoms with Crippen molar-refractivity contribution in [1.29, 1.82) is 0 Å². The molecular formula is C13H16N2S. The average Bonchev–Trinajstić information content (AvgIpc) is 2.82. The van der Waals surface area contributed by atoms with E-state index in [0.717, 1.165) is 5.03 Å². The van der Waals surface area contributed by atoms with Crippen LogP contribution < -0.4 is 0 Å². The predicted octanol–water partition coefficient (Wildman–Crippen LogP) is 4.07. The number of H-pyrrole nitrogens is 1. The average molecular weight is 232 g/mol. The molecule has 1 aromatic heterocycles. The smallest absolute Gasteiger partial charge is 0.123 e. The fraction of sp³-hybridized carbons (Fsp3) is 0.308. The molecule has 2 rings (SSSR count). The molecule has 1 aromatic carbocycles. The second kappa shape index (κ2) is 5.21. The number of nitrogens with zero attached hydrogens (tertiary/aromatic N) is 1. The molecule has 0 bridgehead atoms. The summed E-state index contributed by atoms with van der Waals surface area (Å²) in [5.41, 5.74) is 1.41. The molecule has 2 aromatic rings. The highest BCUT2D eigenvalue weighted by molar-refractivity contribution is 7.99. The van der Waals surface area contributed by atoms with Crippen LogP contribution in [0.4, 0.5) is 0 Å². The zero-order valence-electron chi connectivity index (χ0n) is 9.60. The first kappa shape index (κ1) is 11.3. The molecule has 0 saturated carbocycles. The molecule has 0 aliphatic carbocycles. The molecule has 0 fully saturated rings. The topological polar surface area (TPSA) is 28.7 Å². The number of aromatic nitrogens is 2. The van der Waals surface area contributed by atoms with Crippen molar-refractivity contribution in [2.75, 3.05) is 0 Å². The van der Waals surface area contributed by atoms with Crippen LogP contribution in [0.25, 0.3) is 0 Å². The maximum atomic E-state index is 4.12. The number of aromatic amines is 1. The standard InChI is InChI=1S/C13H16N2S/c1-3-10(2)11-4-6-12(7-5-11)16-13-8-9-14-15-13/h4-10H,3H2,1-2H3,(H,14,15). The second-order valence-corrected chi connectivity index (χ2v) is 4.99. The summed E-state index contributed by atoms with van der Waals surface area (Å²) in [5, 5.41) is 7.95. The Bertz CT molecular complexity index is 420. The van der Waals surface area contributed by atoms with Crippen molar-refractivity contribution in [1.82, 2.24) is 10.2 Å². The zero-order valence-corrected chi connectivity index (χ0v) is 10.4. The highest BCUT2D eigenvalue weighted by Crippen LogP contribution is 2.27. The first-order valence-corrected chi connectivity index (χ1v) is 6.39. The van der Waals surface area contributed by atoms with E-state index in [0.29, 0.717) is 5.92 Å². The van der Waals surface area contributed by atoms with Gasteiger partial charge in [-0.25, -0.2) is 0 Å². The maximum Gasteiger partial charge on any atom is 0.123 e. The molecule has 0 radical (unpaired) electrons. The van der Waals surface area contributed by atoms with Crippen LogP contribution in [0.1, 0.15) is 31.7 Å². The molecule has 0 aliphatic heterocycles. The van der Waals surface area contributed by atoms with Crippen molar-refractivity contribution in [2.24, 2.45) is 0 Å². The Hall–Kier alpha value is -1.22. The minimum atomic E-state index is 0.643. The maximum absolute atomic E-state index is 4.12. The van der Waals surface area contributed by atoms with Gasteiger partial charge in [0.1, 0.15) is 5.03 Å². The Morgan fingerprint density at radius 2 is 2.00 bits per heavy atom. The summed E-state index contributed by atoms with van der Waals surface area (Å²) in [5.74, 6) is 0.643.